The van der Waals surface area contributed by atoms with Crippen molar-refractivity contribution >= 4 is 23.4 Å². The van der Waals surface area contributed by atoms with Crippen molar-refractivity contribution in [3.63, 3.8) is 0 Å². The number of likely N-dealkylation sites (tertiary alicyclic amines) is 1. The lowest BCUT2D eigenvalue weighted by Gasteiger charge is -2.43. The van der Waals surface area contributed by atoms with Gasteiger partial charge >= 0.3 is 6.18 Å². The van der Waals surface area contributed by atoms with E-state index in [2.05, 4.69) is 16.9 Å². The highest BCUT2D eigenvalue weighted by molar-refractivity contribution is 6.31. The average Bonchev–Trinajstić information content (AvgIpc) is 3.62. The quantitative estimate of drug-likeness (QED) is 0.413. The molecular weight excluding hydrogens is 557 g/mol. The van der Waals surface area contributed by atoms with Crippen LogP contribution in [0.25, 0.3) is 0 Å². The molecule has 3 fully saturated rings. The first-order chi connectivity index (χ1) is 19.6. The van der Waals surface area contributed by atoms with Gasteiger partial charge in [0.2, 0.25) is 11.8 Å². The highest BCUT2D eigenvalue weighted by Gasteiger charge is 2.52. The van der Waals surface area contributed by atoms with Crippen molar-refractivity contribution in [1.82, 2.24) is 19.8 Å². The predicted octanol–water partition coefficient (Wildman–Crippen LogP) is 5.99. The number of aromatic nitrogens is 2. The molecule has 1 spiro atoms. The van der Waals surface area contributed by atoms with E-state index in [1.165, 1.54) is 0 Å². The van der Waals surface area contributed by atoms with Gasteiger partial charge in [0.1, 0.15) is 18.7 Å². The summed E-state index contributed by atoms with van der Waals surface area (Å²) in [6, 6.07) is 2.82. The first-order valence-electron chi connectivity index (χ1n) is 14.4. The van der Waals surface area contributed by atoms with Gasteiger partial charge in [0, 0.05) is 54.3 Å². The van der Waals surface area contributed by atoms with Crippen molar-refractivity contribution in [2.24, 2.45) is 17.3 Å². The molecule has 41 heavy (non-hydrogen) atoms. The summed E-state index contributed by atoms with van der Waals surface area (Å²) in [6.07, 6.45) is 4.33. The molecule has 7 nitrogen and oxygen atoms in total. The molecule has 1 aromatic carbocycles. The zero-order valence-corrected chi connectivity index (χ0v) is 23.8. The third-order valence-corrected chi connectivity index (χ3v) is 9.83. The lowest BCUT2D eigenvalue weighted by atomic mass is 9.78. The molecule has 6 rings (SSSR count). The molecule has 2 amide bonds. The van der Waals surface area contributed by atoms with E-state index in [1.54, 1.807) is 12.1 Å². The Hall–Kier alpha value is -2.88. The number of ether oxygens (including phenoxy) is 1. The van der Waals surface area contributed by atoms with Crippen molar-refractivity contribution in [2.75, 3.05) is 19.6 Å². The van der Waals surface area contributed by atoms with E-state index in [0.29, 0.717) is 48.8 Å². The number of hydrogen-bond donors (Lipinski definition) is 0. The third kappa shape index (κ3) is 5.51. The Kier molecular flexibility index (Phi) is 7.41. The largest absolute Gasteiger partial charge is 0.488 e. The summed E-state index contributed by atoms with van der Waals surface area (Å²) in [7, 11) is 0. The van der Waals surface area contributed by atoms with E-state index in [0.717, 1.165) is 56.6 Å². The van der Waals surface area contributed by atoms with Gasteiger partial charge in [0.05, 0.1) is 6.04 Å². The van der Waals surface area contributed by atoms with Crippen LogP contribution in [0.5, 0.6) is 5.75 Å². The highest BCUT2D eigenvalue weighted by Crippen LogP contribution is 2.54. The number of halogens is 4. The van der Waals surface area contributed by atoms with Gasteiger partial charge in [-0.2, -0.15) is 13.2 Å². The second kappa shape index (κ2) is 10.7. The number of hydrogen-bond acceptors (Lipinski definition) is 5. The van der Waals surface area contributed by atoms with Crippen molar-refractivity contribution in [3.05, 3.63) is 52.1 Å². The summed E-state index contributed by atoms with van der Waals surface area (Å²) in [4.78, 5) is 38.1. The average molecular weight is 591 g/mol. The number of alkyl halides is 3. The van der Waals surface area contributed by atoms with E-state index >= 15 is 0 Å². The van der Waals surface area contributed by atoms with Crippen LogP contribution in [-0.4, -0.2) is 51.2 Å². The summed E-state index contributed by atoms with van der Waals surface area (Å²) in [6.45, 7) is 3.14. The fourth-order valence-electron chi connectivity index (χ4n) is 7.00. The second-order valence-corrected chi connectivity index (χ2v) is 12.6. The van der Waals surface area contributed by atoms with E-state index in [1.807, 2.05) is 9.80 Å². The van der Waals surface area contributed by atoms with Crippen molar-refractivity contribution in [2.45, 2.75) is 77.1 Å². The zero-order chi connectivity index (χ0) is 28.9. The molecule has 2 aliphatic heterocycles. The molecular formula is C30H34ClF3N4O3. The molecule has 1 saturated heterocycles. The van der Waals surface area contributed by atoms with Gasteiger partial charge in [-0.15, -0.1) is 0 Å². The Morgan fingerprint density at radius 3 is 2.71 bits per heavy atom. The predicted molar refractivity (Wildman–Crippen MR) is 145 cm³/mol. The molecule has 2 aliphatic carbocycles. The van der Waals surface area contributed by atoms with Gasteiger partial charge in [0.15, 0.2) is 5.69 Å². The maximum atomic E-state index is 14.1. The fraction of sp³-hybridized carbons (Fsp3) is 0.600. The Labute approximate surface area is 242 Å². The summed E-state index contributed by atoms with van der Waals surface area (Å²) in [5.74, 6) is 0.663. The molecule has 3 atom stereocenters. The molecule has 11 heteroatoms. The molecule has 220 valence electrons. The summed E-state index contributed by atoms with van der Waals surface area (Å²) < 4.78 is 46.9. The zero-order valence-electron chi connectivity index (χ0n) is 23.1. The van der Waals surface area contributed by atoms with Gasteiger partial charge in [0.25, 0.3) is 0 Å². The van der Waals surface area contributed by atoms with Crippen molar-refractivity contribution in [3.8, 4) is 5.75 Å². The number of rotatable bonds is 6. The van der Waals surface area contributed by atoms with Crippen LogP contribution in [0.15, 0.2) is 24.7 Å². The topological polar surface area (TPSA) is 75.6 Å². The normalized spacial score (nSPS) is 25.4. The van der Waals surface area contributed by atoms with Gasteiger partial charge in [-0.05, 0) is 61.1 Å². The maximum absolute atomic E-state index is 14.1. The van der Waals surface area contributed by atoms with Crippen molar-refractivity contribution < 1.29 is 27.5 Å². The van der Waals surface area contributed by atoms with Gasteiger partial charge in [-0.1, -0.05) is 31.4 Å². The Balaban J connectivity index is 1.36. The molecule has 2 aromatic rings. The first-order valence-corrected chi connectivity index (χ1v) is 14.8. The van der Waals surface area contributed by atoms with Crippen LogP contribution in [0.1, 0.15) is 80.3 Å². The minimum absolute atomic E-state index is 0.0519. The van der Waals surface area contributed by atoms with Crippen molar-refractivity contribution in [1.29, 1.82) is 0 Å². The molecule has 1 aromatic heterocycles. The minimum Gasteiger partial charge on any atom is -0.488 e. The third-order valence-electron chi connectivity index (χ3n) is 9.48. The lowest BCUT2D eigenvalue weighted by Crippen LogP contribution is -2.49. The van der Waals surface area contributed by atoms with Crippen LogP contribution in [0.3, 0.4) is 0 Å². The van der Waals surface area contributed by atoms with E-state index < -0.39 is 24.5 Å². The van der Waals surface area contributed by atoms with Crippen LogP contribution in [0, 0.1) is 17.3 Å². The van der Waals surface area contributed by atoms with Crippen LogP contribution < -0.4 is 4.74 Å². The number of carbonyl (C=O) groups is 2. The molecule has 3 heterocycles. The summed E-state index contributed by atoms with van der Waals surface area (Å²) >= 11 is 6.67. The highest BCUT2D eigenvalue weighted by atomic mass is 35.5. The molecule has 0 N–H and O–H groups in total. The maximum Gasteiger partial charge on any atom is 0.433 e. The number of fused-ring (bicyclic) bond motifs is 1. The van der Waals surface area contributed by atoms with Crippen LogP contribution in [-0.2, 0) is 28.8 Å². The summed E-state index contributed by atoms with van der Waals surface area (Å²) in [5.41, 5.74) is 0.298. The summed E-state index contributed by atoms with van der Waals surface area (Å²) in [5, 5.41) is 0.515. The number of benzene rings is 1. The van der Waals surface area contributed by atoms with E-state index in [4.69, 9.17) is 16.3 Å². The Morgan fingerprint density at radius 1 is 1.22 bits per heavy atom. The van der Waals surface area contributed by atoms with Crippen LogP contribution >= 0.6 is 11.6 Å². The number of amides is 2. The Morgan fingerprint density at radius 2 is 2.00 bits per heavy atom. The lowest BCUT2D eigenvalue weighted by molar-refractivity contribution is -0.143. The van der Waals surface area contributed by atoms with Gasteiger partial charge in [-0.25, -0.2) is 9.97 Å². The smallest absolute Gasteiger partial charge is 0.433 e. The second-order valence-electron chi connectivity index (χ2n) is 12.2. The minimum atomic E-state index is -4.65. The van der Waals surface area contributed by atoms with E-state index in [-0.39, 0.29) is 34.6 Å². The van der Waals surface area contributed by atoms with Gasteiger partial charge < -0.3 is 14.5 Å². The molecule has 0 bridgehead atoms. The van der Waals surface area contributed by atoms with E-state index in [9.17, 15) is 22.8 Å². The number of carbonyl (C=O) groups excluding carboxylic acids is 2. The SMILES string of the molecule is C[C@H]1CCCC[C@H]1C(=O)N1CCc2c(Cl)ccc(OCc3cncnc3C(F)(F)F)c2[C@H]1CN1CC2(CC2)CC1=O. The first kappa shape index (κ1) is 28.2. The molecule has 0 unspecified atom stereocenters. The van der Waals surface area contributed by atoms with Gasteiger partial charge in [-0.3, -0.25) is 9.59 Å². The van der Waals surface area contributed by atoms with Crippen LogP contribution in [0.2, 0.25) is 5.02 Å². The monoisotopic (exact) mass is 590 g/mol. The fourth-order valence-corrected chi connectivity index (χ4v) is 7.26. The van der Waals surface area contributed by atoms with Crippen LogP contribution in [0.4, 0.5) is 13.2 Å². The number of nitrogens with zero attached hydrogens (tertiary/aromatic N) is 4. The molecule has 2 saturated carbocycles. The molecule has 4 aliphatic rings. The molecule has 0 radical (unpaired) electrons. The standard InChI is InChI=1S/C30H34ClF3N4O3/c1-18-4-2-3-5-20(18)28(40)38-11-8-21-22(31)6-7-24(41-15-19-13-35-17-36-27(19)30(32,33)34)26(21)23(38)14-37-16-29(9-10-29)12-25(37)39/h6-7,13,17-18,20,23H,2-5,8-12,14-16H2,1H3/t18-,20+,23+/m0/s1. The Bertz CT molecular complexity index is 1350.